The third kappa shape index (κ3) is 4.02. The summed E-state index contributed by atoms with van der Waals surface area (Å²) in [7, 11) is 1.66. The Balaban J connectivity index is 1.55. The van der Waals surface area contributed by atoms with Crippen molar-refractivity contribution in [3.63, 3.8) is 0 Å². The summed E-state index contributed by atoms with van der Waals surface area (Å²) in [6, 6.07) is 7.93. The number of nitrogens with two attached hydrogens (primary N) is 1. The molecule has 134 valence electrons. The van der Waals surface area contributed by atoms with E-state index in [-0.39, 0.29) is 17.9 Å². The standard InChI is InChI=1S/C19H26N4O2/c1-14-21-8-10-22(14)9-4-7-19(24)23-12-17(18(20)13-23)15-5-3-6-16(11-15)25-2/h3,5-6,8,10-11,17-18H,4,7,9,12-13,20H2,1-2H3/t17-,18+/m1/s1. The molecule has 1 fully saturated rings. The lowest BCUT2D eigenvalue weighted by atomic mass is 9.95. The molecular weight excluding hydrogens is 316 g/mol. The predicted octanol–water partition coefficient (Wildman–Crippen LogP) is 1.93. The van der Waals surface area contributed by atoms with Gasteiger partial charge in [-0.15, -0.1) is 0 Å². The smallest absolute Gasteiger partial charge is 0.222 e. The highest BCUT2D eigenvalue weighted by atomic mass is 16.5. The fourth-order valence-corrected chi connectivity index (χ4v) is 3.46. The second kappa shape index (κ2) is 7.70. The highest BCUT2D eigenvalue weighted by molar-refractivity contribution is 5.76. The van der Waals surface area contributed by atoms with Gasteiger partial charge in [-0.2, -0.15) is 0 Å². The first-order chi connectivity index (χ1) is 12.1. The van der Waals surface area contributed by atoms with Crippen LogP contribution in [-0.2, 0) is 11.3 Å². The summed E-state index contributed by atoms with van der Waals surface area (Å²) >= 11 is 0. The van der Waals surface area contributed by atoms with E-state index < -0.39 is 0 Å². The van der Waals surface area contributed by atoms with Crippen LogP contribution in [0, 0.1) is 6.92 Å². The molecule has 1 amide bonds. The summed E-state index contributed by atoms with van der Waals surface area (Å²) < 4.78 is 7.36. The Bertz CT molecular complexity index is 728. The predicted molar refractivity (Wildman–Crippen MR) is 96.5 cm³/mol. The van der Waals surface area contributed by atoms with Gasteiger partial charge in [-0.3, -0.25) is 4.79 Å². The van der Waals surface area contributed by atoms with Crippen LogP contribution in [0.15, 0.2) is 36.7 Å². The maximum Gasteiger partial charge on any atom is 0.222 e. The third-order valence-electron chi connectivity index (χ3n) is 4.95. The first-order valence-corrected chi connectivity index (χ1v) is 8.73. The largest absolute Gasteiger partial charge is 0.497 e. The number of carbonyl (C=O) groups excluding carboxylic acids is 1. The molecule has 1 aliphatic heterocycles. The van der Waals surface area contributed by atoms with E-state index >= 15 is 0 Å². The van der Waals surface area contributed by atoms with E-state index in [1.54, 1.807) is 13.3 Å². The number of hydrogen-bond donors (Lipinski definition) is 1. The number of nitrogens with zero attached hydrogens (tertiary/aromatic N) is 3. The molecule has 2 heterocycles. The lowest BCUT2D eigenvalue weighted by Gasteiger charge is -2.17. The molecule has 0 saturated carbocycles. The molecule has 25 heavy (non-hydrogen) atoms. The minimum atomic E-state index is -0.0352. The van der Waals surface area contributed by atoms with Crippen molar-refractivity contribution in [1.29, 1.82) is 0 Å². The summed E-state index contributed by atoms with van der Waals surface area (Å²) in [5.41, 5.74) is 7.44. The van der Waals surface area contributed by atoms with E-state index in [4.69, 9.17) is 10.5 Å². The molecule has 0 radical (unpaired) electrons. The number of methoxy groups -OCH3 is 1. The number of ether oxygens (including phenoxy) is 1. The Labute approximate surface area is 148 Å². The molecule has 2 aromatic rings. The van der Waals surface area contributed by atoms with Gasteiger partial charge in [-0.25, -0.2) is 4.98 Å². The van der Waals surface area contributed by atoms with Crippen molar-refractivity contribution in [2.45, 2.75) is 38.3 Å². The lowest BCUT2D eigenvalue weighted by molar-refractivity contribution is -0.130. The summed E-state index contributed by atoms with van der Waals surface area (Å²) in [6.07, 6.45) is 5.08. The van der Waals surface area contributed by atoms with Crippen LogP contribution in [0.2, 0.25) is 0 Å². The Morgan fingerprint density at radius 2 is 2.24 bits per heavy atom. The second-order valence-corrected chi connectivity index (χ2v) is 6.62. The molecule has 2 N–H and O–H groups in total. The number of amides is 1. The summed E-state index contributed by atoms with van der Waals surface area (Å²) in [5, 5.41) is 0. The van der Waals surface area contributed by atoms with Gasteiger partial charge in [0.15, 0.2) is 0 Å². The highest BCUT2D eigenvalue weighted by Crippen LogP contribution is 2.29. The number of carbonyl (C=O) groups is 1. The first kappa shape index (κ1) is 17.5. The zero-order chi connectivity index (χ0) is 17.8. The number of imidazole rings is 1. The fourth-order valence-electron chi connectivity index (χ4n) is 3.46. The van der Waals surface area contributed by atoms with Crippen LogP contribution in [0.5, 0.6) is 5.75 Å². The molecule has 6 heteroatoms. The molecule has 1 aliphatic rings. The average Bonchev–Trinajstić information content (AvgIpc) is 3.21. The maximum atomic E-state index is 12.5. The van der Waals surface area contributed by atoms with Gasteiger partial charge in [0.2, 0.25) is 5.91 Å². The third-order valence-corrected chi connectivity index (χ3v) is 4.95. The molecule has 6 nitrogen and oxygen atoms in total. The minimum Gasteiger partial charge on any atom is -0.497 e. The fraction of sp³-hybridized carbons (Fsp3) is 0.474. The molecule has 1 aromatic carbocycles. The molecule has 0 bridgehead atoms. The van der Waals surface area contributed by atoms with Crippen LogP contribution in [0.3, 0.4) is 0 Å². The first-order valence-electron chi connectivity index (χ1n) is 8.73. The summed E-state index contributed by atoms with van der Waals surface area (Å²) in [4.78, 5) is 18.6. The number of likely N-dealkylation sites (tertiary alicyclic amines) is 1. The van der Waals surface area contributed by atoms with Crippen molar-refractivity contribution in [3.8, 4) is 5.75 Å². The van der Waals surface area contributed by atoms with Gasteiger partial charge >= 0.3 is 0 Å². The van der Waals surface area contributed by atoms with Crippen molar-refractivity contribution in [2.75, 3.05) is 20.2 Å². The number of aromatic nitrogens is 2. The maximum absolute atomic E-state index is 12.5. The molecular formula is C19H26N4O2. The van der Waals surface area contributed by atoms with Crippen LogP contribution in [0.25, 0.3) is 0 Å². The molecule has 0 unspecified atom stereocenters. The number of benzene rings is 1. The van der Waals surface area contributed by atoms with Crippen molar-refractivity contribution in [3.05, 3.63) is 48.0 Å². The van der Waals surface area contributed by atoms with E-state index in [0.29, 0.717) is 19.5 Å². The Kier molecular flexibility index (Phi) is 5.38. The van der Waals surface area contributed by atoms with Crippen LogP contribution in [0.4, 0.5) is 0 Å². The molecule has 0 aliphatic carbocycles. The summed E-state index contributed by atoms with van der Waals surface area (Å²) in [6.45, 7) is 4.08. The number of hydrogen-bond acceptors (Lipinski definition) is 4. The number of rotatable bonds is 6. The Hall–Kier alpha value is -2.34. The minimum absolute atomic E-state index is 0.0352. The molecule has 2 atom stereocenters. The van der Waals surface area contributed by atoms with Crippen molar-refractivity contribution >= 4 is 5.91 Å². The van der Waals surface area contributed by atoms with Gasteiger partial charge in [-0.1, -0.05) is 12.1 Å². The van der Waals surface area contributed by atoms with Gasteiger partial charge in [0.05, 0.1) is 7.11 Å². The van der Waals surface area contributed by atoms with Crippen molar-refractivity contribution in [2.24, 2.45) is 5.73 Å². The molecule has 1 saturated heterocycles. The average molecular weight is 342 g/mol. The van der Waals surface area contributed by atoms with E-state index in [9.17, 15) is 4.79 Å². The van der Waals surface area contributed by atoms with Gasteiger partial charge in [0.25, 0.3) is 0 Å². The Morgan fingerprint density at radius 1 is 1.40 bits per heavy atom. The zero-order valence-corrected chi connectivity index (χ0v) is 14.9. The van der Waals surface area contributed by atoms with Crippen LogP contribution in [-0.4, -0.2) is 46.6 Å². The van der Waals surface area contributed by atoms with E-state index in [1.807, 2.05) is 36.2 Å². The van der Waals surface area contributed by atoms with E-state index in [2.05, 4.69) is 15.6 Å². The van der Waals surface area contributed by atoms with Crippen LogP contribution < -0.4 is 10.5 Å². The zero-order valence-electron chi connectivity index (χ0n) is 14.9. The SMILES string of the molecule is COc1cccc([C@H]2CN(C(=O)CCCn3ccnc3C)C[C@@H]2N)c1. The van der Waals surface area contributed by atoms with Crippen molar-refractivity contribution < 1.29 is 9.53 Å². The topological polar surface area (TPSA) is 73.4 Å². The van der Waals surface area contributed by atoms with E-state index in [1.165, 1.54) is 0 Å². The quantitative estimate of drug-likeness (QED) is 0.871. The van der Waals surface area contributed by atoms with Gasteiger partial charge in [-0.05, 0) is 31.0 Å². The van der Waals surface area contributed by atoms with E-state index in [0.717, 1.165) is 30.1 Å². The van der Waals surface area contributed by atoms with Crippen molar-refractivity contribution in [1.82, 2.24) is 14.5 Å². The highest BCUT2D eigenvalue weighted by Gasteiger charge is 2.33. The molecule has 0 spiro atoms. The molecule has 3 rings (SSSR count). The van der Waals surface area contributed by atoms with Gasteiger partial charge < -0.3 is 19.9 Å². The lowest BCUT2D eigenvalue weighted by Crippen LogP contribution is -2.32. The normalized spacial score (nSPS) is 20.0. The summed E-state index contributed by atoms with van der Waals surface area (Å²) in [5.74, 6) is 2.15. The second-order valence-electron chi connectivity index (χ2n) is 6.62. The molecule has 1 aromatic heterocycles. The Morgan fingerprint density at radius 3 is 2.96 bits per heavy atom. The number of aryl methyl sites for hydroxylation is 2. The van der Waals surface area contributed by atoms with Gasteiger partial charge in [0, 0.05) is 50.4 Å². The monoisotopic (exact) mass is 342 g/mol. The van der Waals surface area contributed by atoms with Crippen LogP contribution >= 0.6 is 0 Å². The van der Waals surface area contributed by atoms with Crippen LogP contribution in [0.1, 0.15) is 30.1 Å². The van der Waals surface area contributed by atoms with Gasteiger partial charge in [0.1, 0.15) is 11.6 Å².